The van der Waals surface area contributed by atoms with Crippen LogP contribution in [0.25, 0.3) is 10.9 Å². The lowest BCUT2D eigenvalue weighted by atomic mass is 10.2. The van der Waals surface area contributed by atoms with Crippen LogP contribution in [0.1, 0.15) is 0 Å². The number of fused-ring (bicyclic) bond motifs is 1. The fourth-order valence-corrected chi connectivity index (χ4v) is 2.43. The van der Waals surface area contributed by atoms with Gasteiger partial charge in [0.05, 0.1) is 21.9 Å². The summed E-state index contributed by atoms with van der Waals surface area (Å²) in [5.41, 5.74) is 7.05. The molecule has 0 saturated carbocycles. The van der Waals surface area contributed by atoms with Crippen molar-refractivity contribution >= 4 is 27.4 Å². The van der Waals surface area contributed by atoms with Gasteiger partial charge in [-0.25, -0.2) is 4.39 Å². The number of halogens is 2. The number of anilines is 1. The predicted molar refractivity (Wildman–Crippen MR) is 61.8 cm³/mol. The van der Waals surface area contributed by atoms with Crippen LogP contribution in [-0.2, 0) is 17.8 Å². The molecule has 0 amide bonds. The Morgan fingerprint density at radius 1 is 1.41 bits per heavy atom. The average Bonchev–Trinajstić information content (AvgIpc) is 2.22. The fraction of sp³-hybridized carbons (Fsp3) is 0.182. The van der Waals surface area contributed by atoms with Crippen LogP contribution in [-0.4, -0.2) is 10.5 Å². The van der Waals surface area contributed by atoms with Gasteiger partial charge in [0.2, 0.25) is 5.52 Å². The number of hydrogen-bond acceptors (Lipinski definition) is 2. The van der Waals surface area contributed by atoms with E-state index < -0.39 is 10.8 Å². The smallest absolute Gasteiger partial charge is 0.217 e. The highest BCUT2D eigenvalue weighted by molar-refractivity contribution is 7.84. The number of nitrogens with two attached hydrogens (primary N) is 1. The summed E-state index contributed by atoms with van der Waals surface area (Å²) in [5, 5.41) is 0.719. The third kappa shape index (κ3) is 2.57. The second-order valence-electron chi connectivity index (χ2n) is 3.63. The van der Waals surface area contributed by atoms with E-state index >= 15 is 0 Å². The second-order valence-corrected chi connectivity index (χ2v) is 4.98. The Morgan fingerprint density at radius 3 is 2.65 bits per heavy atom. The highest BCUT2D eigenvalue weighted by atomic mass is 127. The molecule has 17 heavy (non-hydrogen) atoms. The van der Waals surface area contributed by atoms with Crippen LogP contribution in [0.5, 0.6) is 0 Å². The van der Waals surface area contributed by atoms with Crippen molar-refractivity contribution in [3.05, 3.63) is 30.2 Å². The molecule has 1 aromatic carbocycles. The molecular weight excluding hydrogens is 354 g/mol. The van der Waals surface area contributed by atoms with Gasteiger partial charge in [-0.15, -0.1) is 0 Å². The number of pyridine rings is 1. The lowest BCUT2D eigenvalue weighted by Crippen LogP contribution is -3.00. The molecule has 0 radical (unpaired) electrons. The lowest BCUT2D eigenvalue weighted by molar-refractivity contribution is -0.646. The van der Waals surface area contributed by atoms with Crippen LogP contribution in [0, 0.1) is 5.82 Å². The molecule has 1 aromatic heterocycles. The maximum absolute atomic E-state index is 13.1. The Balaban J connectivity index is 0.00000144. The van der Waals surface area contributed by atoms with Crippen molar-refractivity contribution in [3.8, 4) is 0 Å². The van der Waals surface area contributed by atoms with E-state index in [1.807, 2.05) is 0 Å². The normalized spacial score (nSPS) is 12.2. The van der Waals surface area contributed by atoms with E-state index in [-0.39, 0.29) is 29.8 Å². The monoisotopic (exact) mass is 366 g/mol. The first kappa shape index (κ1) is 14.3. The summed E-state index contributed by atoms with van der Waals surface area (Å²) in [6.45, 7) is 0. The number of nitrogens with zero attached hydrogens (tertiary/aromatic N) is 1. The molecule has 0 saturated heterocycles. The van der Waals surface area contributed by atoms with Crippen LogP contribution < -0.4 is 34.3 Å². The van der Waals surface area contributed by atoms with E-state index in [0.29, 0.717) is 16.1 Å². The van der Waals surface area contributed by atoms with E-state index in [2.05, 4.69) is 0 Å². The molecule has 6 heteroatoms. The zero-order valence-electron chi connectivity index (χ0n) is 9.41. The standard InChI is InChI=1S/C11H11FN2OS.HI/c1-14-6-10(16(2)15)11(13)8-4-3-7(12)5-9(8)14;/h3-6,13H,1-2H3;1H/t16-;/m1./s1. The Kier molecular flexibility index (Phi) is 4.42. The largest absolute Gasteiger partial charge is 1.00 e. The third-order valence-electron chi connectivity index (χ3n) is 2.52. The third-order valence-corrected chi connectivity index (χ3v) is 3.46. The van der Waals surface area contributed by atoms with Gasteiger partial charge in [0.15, 0.2) is 6.20 Å². The molecule has 0 aliphatic rings. The Hall–Kier alpha value is -0.760. The molecule has 1 heterocycles. The van der Waals surface area contributed by atoms with Crippen molar-refractivity contribution in [2.75, 3.05) is 12.0 Å². The number of nitrogen functional groups attached to an aromatic ring is 1. The molecule has 0 bridgehead atoms. The predicted octanol–water partition coefficient (Wildman–Crippen LogP) is -1.87. The van der Waals surface area contributed by atoms with Gasteiger partial charge in [0.1, 0.15) is 17.8 Å². The molecule has 0 unspecified atom stereocenters. The molecule has 92 valence electrons. The summed E-state index contributed by atoms with van der Waals surface area (Å²) < 4.78 is 26.3. The Morgan fingerprint density at radius 2 is 2.06 bits per heavy atom. The van der Waals surface area contributed by atoms with E-state index in [0.717, 1.165) is 5.39 Å². The molecule has 0 aliphatic heterocycles. The number of aryl methyl sites for hydroxylation is 1. The minimum absolute atomic E-state index is 0. The highest BCUT2D eigenvalue weighted by Gasteiger charge is 2.16. The van der Waals surface area contributed by atoms with Crippen molar-refractivity contribution < 1.29 is 37.1 Å². The minimum Gasteiger partial charge on any atom is -1.00 e. The first-order valence-corrected chi connectivity index (χ1v) is 6.27. The first-order valence-electron chi connectivity index (χ1n) is 4.71. The number of rotatable bonds is 1. The van der Waals surface area contributed by atoms with Gasteiger partial charge in [0.25, 0.3) is 0 Å². The van der Waals surface area contributed by atoms with Crippen LogP contribution in [0.4, 0.5) is 10.1 Å². The molecule has 2 N–H and O–H groups in total. The summed E-state index contributed by atoms with van der Waals surface area (Å²) >= 11 is 0. The molecule has 1 atom stereocenters. The van der Waals surface area contributed by atoms with Crippen LogP contribution >= 0.6 is 0 Å². The van der Waals surface area contributed by atoms with Gasteiger partial charge in [0, 0.05) is 12.3 Å². The van der Waals surface area contributed by atoms with Crippen molar-refractivity contribution in [2.45, 2.75) is 4.90 Å². The van der Waals surface area contributed by atoms with Crippen molar-refractivity contribution in [1.29, 1.82) is 0 Å². The van der Waals surface area contributed by atoms with E-state index in [9.17, 15) is 8.60 Å². The molecule has 3 nitrogen and oxygen atoms in total. The first-order chi connectivity index (χ1) is 7.50. The van der Waals surface area contributed by atoms with Crippen LogP contribution in [0.3, 0.4) is 0 Å². The summed E-state index contributed by atoms with van der Waals surface area (Å²) in [6, 6.07) is 4.37. The number of hydrogen-bond donors (Lipinski definition) is 1. The molecule has 2 aromatic rings. The van der Waals surface area contributed by atoms with Crippen LogP contribution in [0.2, 0.25) is 0 Å². The van der Waals surface area contributed by atoms with Gasteiger partial charge in [-0.3, -0.25) is 4.21 Å². The fourth-order valence-electron chi connectivity index (χ4n) is 1.70. The van der Waals surface area contributed by atoms with Gasteiger partial charge >= 0.3 is 0 Å². The summed E-state index contributed by atoms with van der Waals surface area (Å²) in [5.74, 6) is -0.312. The second kappa shape index (κ2) is 5.26. The van der Waals surface area contributed by atoms with Crippen molar-refractivity contribution in [3.63, 3.8) is 0 Å². The minimum atomic E-state index is -1.15. The highest BCUT2D eigenvalue weighted by Crippen LogP contribution is 2.24. The molecular formula is C11H12FIN2OS. The maximum atomic E-state index is 13.1. The van der Waals surface area contributed by atoms with Crippen LogP contribution in [0.15, 0.2) is 29.3 Å². The zero-order chi connectivity index (χ0) is 11.9. The van der Waals surface area contributed by atoms with Gasteiger partial charge in [-0.2, -0.15) is 4.57 Å². The Bertz CT molecular complexity index is 604. The molecule has 0 aliphatic carbocycles. The topological polar surface area (TPSA) is 47.0 Å². The SMILES string of the molecule is C[n+]1cc([S@@](C)=O)c(N)c2ccc(F)cc21.[I-]. The summed E-state index contributed by atoms with van der Waals surface area (Å²) in [6.07, 6.45) is 3.24. The lowest BCUT2D eigenvalue weighted by Gasteiger charge is -2.05. The molecule has 0 spiro atoms. The van der Waals surface area contributed by atoms with E-state index in [1.165, 1.54) is 12.1 Å². The van der Waals surface area contributed by atoms with Gasteiger partial charge < -0.3 is 29.7 Å². The molecule has 2 rings (SSSR count). The summed E-state index contributed by atoms with van der Waals surface area (Å²) in [7, 11) is 0.624. The zero-order valence-corrected chi connectivity index (χ0v) is 12.4. The molecule has 0 fully saturated rings. The van der Waals surface area contributed by atoms with Crippen molar-refractivity contribution in [2.24, 2.45) is 7.05 Å². The number of aromatic nitrogens is 1. The quantitative estimate of drug-likeness (QED) is 0.475. The number of benzene rings is 1. The maximum Gasteiger partial charge on any atom is 0.217 e. The van der Waals surface area contributed by atoms with E-state index in [4.69, 9.17) is 5.73 Å². The average molecular weight is 366 g/mol. The van der Waals surface area contributed by atoms with Gasteiger partial charge in [-0.1, -0.05) is 0 Å². The van der Waals surface area contributed by atoms with Gasteiger partial charge in [-0.05, 0) is 12.1 Å². The Labute approximate surface area is 118 Å². The van der Waals surface area contributed by atoms with Crippen molar-refractivity contribution in [1.82, 2.24) is 0 Å². The summed E-state index contributed by atoms with van der Waals surface area (Å²) in [4.78, 5) is 0.571. The van der Waals surface area contributed by atoms with E-state index in [1.54, 1.807) is 30.1 Å².